The zero-order valence-corrected chi connectivity index (χ0v) is 13.0. The fraction of sp³-hybridized carbons (Fsp3) is 0.529. The predicted octanol–water partition coefficient (Wildman–Crippen LogP) is 3.81. The Kier molecular flexibility index (Phi) is 5.21. The molecular weight excluding hydrogens is 248 g/mol. The first-order chi connectivity index (χ1) is 9.65. The maximum atomic E-state index is 6.02. The van der Waals surface area contributed by atoms with Crippen molar-refractivity contribution in [2.75, 3.05) is 19.6 Å². The van der Waals surface area contributed by atoms with Gasteiger partial charge in [0.2, 0.25) is 0 Å². The van der Waals surface area contributed by atoms with E-state index in [0.717, 1.165) is 31.0 Å². The summed E-state index contributed by atoms with van der Waals surface area (Å²) < 4.78 is 6.02. The van der Waals surface area contributed by atoms with Crippen LogP contribution in [-0.2, 0) is 0 Å². The van der Waals surface area contributed by atoms with Crippen LogP contribution in [0.15, 0.2) is 34.7 Å². The van der Waals surface area contributed by atoms with E-state index in [9.17, 15) is 0 Å². The summed E-state index contributed by atoms with van der Waals surface area (Å²) in [5, 5.41) is 4.72. The Hall–Kier alpha value is -1.32. The molecule has 3 heteroatoms. The molecule has 0 aliphatic carbocycles. The number of fused-ring (bicyclic) bond motifs is 1. The minimum Gasteiger partial charge on any atom is -0.459 e. The van der Waals surface area contributed by atoms with Crippen molar-refractivity contribution < 1.29 is 4.42 Å². The molecule has 3 nitrogen and oxygen atoms in total. The lowest BCUT2D eigenvalue weighted by atomic mass is 10.1. The Bertz CT molecular complexity index is 500. The SMILES string of the molecule is CCNC(CN(CC)C(C)C)c1cc2ccccc2o1. The fourth-order valence-corrected chi connectivity index (χ4v) is 2.62. The third-order valence-corrected chi connectivity index (χ3v) is 3.79. The van der Waals surface area contributed by atoms with Crippen LogP contribution in [0.25, 0.3) is 11.0 Å². The van der Waals surface area contributed by atoms with Gasteiger partial charge in [-0.15, -0.1) is 0 Å². The summed E-state index contributed by atoms with van der Waals surface area (Å²) in [6, 6.07) is 11.2. The zero-order chi connectivity index (χ0) is 14.5. The van der Waals surface area contributed by atoms with Gasteiger partial charge in [0.25, 0.3) is 0 Å². The van der Waals surface area contributed by atoms with Crippen LogP contribution in [0.3, 0.4) is 0 Å². The van der Waals surface area contributed by atoms with E-state index in [1.807, 2.05) is 12.1 Å². The molecule has 1 unspecified atom stereocenters. The van der Waals surface area contributed by atoms with Crippen LogP contribution in [0.4, 0.5) is 0 Å². The maximum absolute atomic E-state index is 6.02. The van der Waals surface area contributed by atoms with Crippen molar-refractivity contribution in [3.8, 4) is 0 Å². The molecular formula is C17H26N2O. The van der Waals surface area contributed by atoms with Crippen molar-refractivity contribution in [3.05, 3.63) is 36.1 Å². The lowest BCUT2D eigenvalue weighted by molar-refractivity contribution is 0.199. The molecule has 2 rings (SSSR count). The average Bonchev–Trinajstić information content (AvgIpc) is 2.86. The largest absolute Gasteiger partial charge is 0.459 e. The molecule has 0 bridgehead atoms. The predicted molar refractivity (Wildman–Crippen MR) is 85.0 cm³/mol. The number of hydrogen-bond donors (Lipinski definition) is 1. The maximum Gasteiger partial charge on any atom is 0.134 e. The van der Waals surface area contributed by atoms with E-state index in [4.69, 9.17) is 4.42 Å². The second-order valence-corrected chi connectivity index (χ2v) is 5.48. The Balaban J connectivity index is 2.22. The molecule has 0 spiro atoms. The van der Waals surface area contributed by atoms with Crippen LogP contribution < -0.4 is 5.32 Å². The molecule has 1 aromatic heterocycles. The van der Waals surface area contributed by atoms with Gasteiger partial charge in [-0.05, 0) is 39.1 Å². The minimum absolute atomic E-state index is 0.245. The summed E-state index contributed by atoms with van der Waals surface area (Å²) in [5.41, 5.74) is 0.970. The summed E-state index contributed by atoms with van der Waals surface area (Å²) in [6.45, 7) is 11.8. The molecule has 1 aromatic carbocycles. The number of hydrogen-bond acceptors (Lipinski definition) is 3. The standard InChI is InChI=1S/C17H26N2O/c1-5-18-15(12-19(6-2)13(3)4)17-11-14-9-7-8-10-16(14)20-17/h7-11,13,15,18H,5-6,12H2,1-4H3. The molecule has 110 valence electrons. The molecule has 2 aromatic rings. The number of para-hydroxylation sites is 1. The molecule has 20 heavy (non-hydrogen) atoms. The number of benzene rings is 1. The summed E-state index contributed by atoms with van der Waals surface area (Å²) >= 11 is 0. The highest BCUT2D eigenvalue weighted by molar-refractivity contribution is 5.77. The molecule has 0 radical (unpaired) electrons. The second kappa shape index (κ2) is 6.91. The first kappa shape index (κ1) is 15.1. The van der Waals surface area contributed by atoms with Crippen molar-refractivity contribution in [2.45, 2.75) is 39.8 Å². The van der Waals surface area contributed by atoms with E-state index in [0.29, 0.717) is 6.04 Å². The van der Waals surface area contributed by atoms with Crippen LogP contribution in [-0.4, -0.2) is 30.6 Å². The van der Waals surface area contributed by atoms with Gasteiger partial charge < -0.3 is 9.73 Å². The highest BCUT2D eigenvalue weighted by atomic mass is 16.3. The Labute approximate surface area is 122 Å². The van der Waals surface area contributed by atoms with Gasteiger partial charge in [-0.1, -0.05) is 32.0 Å². The van der Waals surface area contributed by atoms with E-state index in [1.165, 1.54) is 5.39 Å². The summed E-state index contributed by atoms with van der Waals surface area (Å²) in [4.78, 5) is 2.46. The van der Waals surface area contributed by atoms with Crippen molar-refractivity contribution in [1.82, 2.24) is 10.2 Å². The van der Waals surface area contributed by atoms with E-state index in [-0.39, 0.29) is 6.04 Å². The first-order valence-electron chi connectivity index (χ1n) is 7.61. The molecule has 0 saturated carbocycles. The smallest absolute Gasteiger partial charge is 0.134 e. The fourth-order valence-electron chi connectivity index (χ4n) is 2.62. The van der Waals surface area contributed by atoms with E-state index >= 15 is 0 Å². The molecule has 0 aliphatic heterocycles. The summed E-state index contributed by atoms with van der Waals surface area (Å²) in [6.07, 6.45) is 0. The van der Waals surface area contributed by atoms with Crippen molar-refractivity contribution in [2.24, 2.45) is 0 Å². The third-order valence-electron chi connectivity index (χ3n) is 3.79. The van der Waals surface area contributed by atoms with Gasteiger partial charge in [-0.3, -0.25) is 4.90 Å². The van der Waals surface area contributed by atoms with Gasteiger partial charge >= 0.3 is 0 Å². The normalized spacial score (nSPS) is 13.5. The highest BCUT2D eigenvalue weighted by Crippen LogP contribution is 2.24. The Morgan fingerprint density at radius 2 is 1.95 bits per heavy atom. The number of nitrogens with zero attached hydrogens (tertiary/aromatic N) is 1. The molecule has 0 fully saturated rings. The number of furan rings is 1. The van der Waals surface area contributed by atoms with Crippen LogP contribution in [0.2, 0.25) is 0 Å². The van der Waals surface area contributed by atoms with Crippen LogP contribution >= 0.6 is 0 Å². The van der Waals surface area contributed by atoms with E-state index < -0.39 is 0 Å². The Morgan fingerprint density at radius 3 is 2.55 bits per heavy atom. The second-order valence-electron chi connectivity index (χ2n) is 5.48. The molecule has 0 aliphatic rings. The van der Waals surface area contributed by atoms with Gasteiger partial charge in [-0.2, -0.15) is 0 Å². The van der Waals surface area contributed by atoms with Crippen LogP contribution in [0.5, 0.6) is 0 Å². The van der Waals surface area contributed by atoms with Crippen molar-refractivity contribution in [3.63, 3.8) is 0 Å². The van der Waals surface area contributed by atoms with Crippen LogP contribution in [0.1, 0.15) is 39.5 Å². The van der Waals surface area contributed by atoms with Gasteiger partial charge in [-0.25, -0.2) is 0 Å². The van der Waals surface area contributed by atoms with Crippen molar-refractivity contribution >= 4 is 11.0 Å². The van der Waals surface area contributed by atoms with Gasteiger partial charge in [0.1, 0.15) is 11.3 Å². The lowest BCUT2D eigenvalue weighted by Gasteiger charge is -2.29. The molecule has 0 amide bonds. The van der Waals surface area contributed by atoms with Crippen molar-refractivity contribution in [1.29, 1.82) is 0 Å². The highest BCUT2D eigenvalue weighted by Gasteiger charge is 2.19. The molecule has 1 atom stereocenters. The monoisotopic (exact) mass is 274 g/mol. The van der Waals surface area contributed by atoms with Gasteiger partial charge in [0, 0.05) is 18.0 Å². The lowest BCUT2D eigenvalue weighted by Crippen LogP contribution is -2.38. The third kappa shape index (κ3) is 3.41. The number of rotatable bonds is 7. The summed E-state index contributed by atoms with van der Waals surface area (Å²) in [5.74, 6) is 1.03. The molecule has 1 heterocycles. The van der Waals surface area contributed by atoms with Gasteiger partial charge in [0.05, 0.1) is 6.04 Å². The Morgan fingerprint density at radius 1 is 1.20 bits per heavy atom. The first-order valence-corrected chi connectivity index (χ1v) is 7.61. The zero-order valence-electron chi connectivity index (χ0n) is 13.0. The summed E-state index contributed by atoms with van der Waals surface area (Å²) in [7, 11) is 0. The van der Waals surface area contributed by atoms with Gasteiger partial charge in [0.15, 0.2) is 0 Å². The van der Waals surface area contributed by atoms with E-state index in [2.05, 4.69) is 56.1 Å². The average molecular weight is 274 g/mol. The topological polar surface area (TPSA) is 28.4 Å². The minimum atomic E-state index is 0.245. The van der Waals surface area contributed by atoms with Crippen LogP contribution in [0, 0.1) is 0 Å². The van der Waals surface area contributed by atoms with E-state index in [1.54, 1.807) is 0 Å². The molecule has 1 N–H and O–H groups in total. The number of nitrogens with one attached hydrogen (secondary N) is 1. The number of likely N-dealkylation sites (N-methyl/N-ethyl adjacent to an activating group) is 2. The molecule has 0 saturated heterocycles. The quantitative estimate of drug-likeness (QED) is 0.832.